The highest BCUT2D eigenvalue weighted by Crippen LogP contribution is 2.36. The van der Waals surface area contributed by atoms with E-state index in [9.17, 15) is 13.2 Å². The van der Waals surface area contributed by atoms with Gasteiger partial charge in [0.25, 0.3) is 5.91 Å². The SMILES string of the molecule is COc1ccc(-c2cc(C(=O)Nc3cccc4ccccc34)c3c(C)nn(C4CCS(=O)(=O)C4)c3n2)cc1OC. The summed E-state index contributed by atoms with van der Waals surface area (Å²) in [5.74, 6) is 0.867. The molecule has 1 fully saturated rings. The molecule has 9 nitrogen and oxygen atoms in total. The molecule has 0 spiro atoms. The molecule has 10 heteroatoms. The fourth-order valence-corrected chi connectivity index (χ4v) is 7.07. The second kappa shape index (κ2) is 9.95. The first-order chi connectivity index (χ1) is 19.3. The van der Waals surface area contributed by atoms with Gasteiger partial charge in [0.15, 0.2) is 27.0 Å². The number of nitrogens with one attached hydrogen (secondary N) is 1. The summed E-state index contributed by atoms with van der Waals surface area (Å²) in [6.45, 7) is 1.81. The average molecular weight is 557 g/mol. The van der Waals surface area contributed by atoms with E-state index in [4.69, 9.17) is 19.6 Å². The Kier molecular flexibility index (Phi) is 6.42. The van der Waals surface area contributed by atoms with Crippen LogP contribution in [0.4, 0.5) is 5.69 Å². The predicted molar refractivity (Wildman–Crippen MR) is 155 cm³/mol. The first-order valence-electron chi connectivity index (χ1n) is 12.9. The van der Waals surface area contributed by atoms with Crippen LogP contribution in [0, 0.1) is 6.92 Å². The van der Waals surface area contributed by atoms with E-state index in [1.165, 1.54) is 0 Å². The molecule has 204 valence electrons. The molecule has 0 bridgehead atoms. The summed E-state index contributed by atoms with van der Waals surface area (Å²) < 4.78 is 37.2. The number of benzene rings is 3. The number of hydrogen-bond acceptors (Lipinski definition) is 7. The highest BCUT2D eigenvalue weighted by Gasteiger charge is 2.32. The third-order valence-electron chi connectivity index (χ3n) is 7.35. The zero-order valence-corrected chi connectivity index (χ0v) is 23.2. The van der Waals surface area contributed by atoms with Gasteiger partial charge in [0, 0.05) is 16.6 Å². The molecule has 0 saturated carbocycles. The largest absolute Gasteiger partial charge is 0.493 e. The Hall–Kier alpha value is -4.44. The minimum absolute atomic E-state index is 0.0109. The normalized spacial score (nSPS) is 16.3. The van der Waals surface area contributed by atoms with Gasteiger partial charge in [-0.05, 0) is 49.1 Å². The van der Waals surface area contributed by atoms with Crippen LogP contribution in [0.2, 0.25) is 0 Å². The number of anilines is 1. The quantitative estimate of drug-likeness (QED) is 0.306. The summed E-state index contributed by atoms with van der Waals surface area (Å²) >= 11 is 0. The van der Waals surface area contributed by atoms with Crippen LogP contribution in [0.25, 0.3) is 33.1 Å². The number of ether oxygens (including phenoxy) is 2. The number of aryl methyl sites for hydroxylation is 1. The Morgan fingerprint density at radius 2 is 1.77 bits per heavy atom. The molecule has 1 N–H and O–H groups in total. The van der Waals surface area contributed by atoms with Crippen molar-refractivity contribution in [2.24, 2.45) is 0 Å². The standard InChI is InChI=1S/C30H28N4O5S/c1-18-28-23(30(35)32-24-10-6-8-19-7-4-5-9-22(19)24)16-25(20-11-12-26(38-2)27(15-20)39-3)31-29(28)34(33-18)21-13-14-40(36,37)17-21/h4-12,15-16,21H,13-14,17H2,1-3H3,(H,32,35). The zero-order chi connectivity index (χ0) is 28.0. The van der Waals surface area contributed by atoms with Gasteiger partial charge in [-0.15, -0.1) is 0 Å². The highest BCUT2D eigenvalue weighted by molar-refractivity contribution is 7.91. The Morgan fingerprint density at radius 3 is 2.52 bits per heavy atom. The molecule has 2 aromatic heterocycles. The first-order valence-corrected chi connectivity index (χ1v) is 14.7. The van der Waals surface area contributed by atoms with E-state index >= 15 is 0 Å². The number of methoxy groups -OCH3 is 2. The molecule has 6 rings (SSSR count). The molecule has 1 saturated heterocycles. The number of carbonyl (C=O) groups is 1. The average Bonchev–Trinajstić information content (AvgIpc) is 3.50. The fraction of sp³-hybridized carbons (Fsp3) is 0.233. The second-order valence-corrected chi connectivity index (χ2v) is 12.1. The molecule has 1 aliphatic heterocycles. The van der Waals surface area contributed by atoms with Crippen molar-refractivity contribution < 1.29 is 22.7 Å². The van der Waals surface area contributed by atoms with Crippen LogP contribution in [0.3, 0.4) is 0 Å². The van der Waals surface area contributed by atoms with Crippen molar-refractivity contribution >= 4 is 43.2 Å². The van der Waals surface area contributed by atoms with Crippen molar-refractivity contribution in [2.45, 2.75) is 19.4 Å². The van der Waals surface area contributed by atoms with E-state index in [1.807, 2.05) is 55.5 Å². The van der Waals surface area contributed by atoms with Gasteiger partial charge >= 0.3 is 0 Å². The Labute approximate surface area is 231 Å². The van der Waals surface area contributed by atoms with Crippen molar-refractivity contribution in [1.29, 1.82) is 0 Å². The van der Waals surface area contributed by atoms with Gasteiger partial charge in [-0.3, -0.25) is 4.79 Å². The molecule has 3 heterocycles. The van der Waals surface area contributed by atoms with Gasteiger partial charge in [0.1, 0.15) is 0 Å². The summed E-state index contributed by atoms with van der Waals surface area (Å²) in [4.78, 5) is 18.9. The number of fused-ring (bicyclic) bond motifs is 2. The lowest BCUT2D eigenvalue weighted by Crippen LogP contribution is -2.15. The molecule has 5 aromatic rings. The maximum absolute atomic E-state index is 13.9. The summed E-state index contributed by atoms with van der Waals surface area (Å²) in [6, 6.07) is 20.4. The lowest BCUT2D eigenvalue weighted by Gasteiger charge is -2.14. The third-order valence-corrected chi connectivity index (χ3v) is 9.10. The number of pyridine rings is 1. The van der Waals surface area contributed by atoms with E-state index in [1.54, 1.807) is 37.1 Å². The molecule has 1 atom stereocenters. The fourth-order valence-electron chi connectivity index (χ4n) is 5.38. The monoisotopic (exact) mass is 556 g/mol. The summed E-state index contributed by atoms with van der Waals surface area (Å²) in [5.41, 5.74) is 3.39. The van der Waals surface area contributed by atoms with E-state index in [-0.39, 0.29) is 23.5 Å². The molecule has 40 heavy (non-hydrogen) atoms. The summed E-state index contributed by atoms with van der Waals surface area (Å²) in [6.07, 6.45) is 0.443. The molecule has 0 radical (unpaired) electrons. The minimum Gasteiger partial charge on any atom is -0.493 e. The van der Waals surface area contributed by atoms with Crippen LogP contribution in [0.5, 0.6) is 11.5 Å². The van der Waals surface area contributed by atoms with E-state index in [0.29, 0.717) is 57.2 Å². The van der Waals surface area contributed by atoms with E-state index in [0.717, 1.165) is 10.8 Å². The van der Waals surface area contributed by atoms with E-state index < -0.39 is 9.84 Å². The molecular formula is C30H28N4O5S. The molecule has 1 aliphatic rings. The van der Waals surface area contributed by atoms with Crippen molar-refractivity contribution in [1.82, 2.24) is 14.8 Å². The smallest absolute Gasteiger partial charge is 0.256 e. The first kappa shape index (κ1) is 25.8. The van der Waals surface area contributed by atoms with Crippen molar-refractivity contribution in [3.05, 3.63) is 78.0 Å². The summed E-state index contributed by atoms with van der Waals surface area (Å²) in [5, 5.41) is 10.3. The van der Waals surface area contributed by atoms with Gasteiger partial charge < -0.3 is 14.8 Å². The van der Waals surface area contributed by atoms with E-state index in [2.05, 4.69) is 5.32 Å². The number of nitrogens with zero attached hydrogens (tertiary/aromatic N) is 3. The maximum Gasteiger partial charge on any atom is 0.256 e. The van der Waals surface area contributed by atoms with Crippen LogP contribution in [-0.4, -0.2) is 54.8 Å². The Bertz CT molecular complexity index is 1890. The Morgan fingerprint density at radius 1 is 1.00 bits per heavy atom. The molecular weight excluding hydrogens is 528 g/mol. The van der Waals surface area contributed by atoms with Crippen LogP contribution < -0.4 is 14.8 Å². The van der Waals surface area contributed by atoms with Crippen LogP contribution in [0.1, 0.15) is 28.5 Å². The van der Waals surface area contributed by atoms with Crippen molar-refractivity contribution in [2.75, 3.05) is 31.0 Å². The molecule has 3 aromatic carbocycles. The van der Waals surface area contributed by atoms with Gasteiger partial charge in [-0.1, -0.05) is 36.4 Å². The van der Waals surface area contributed by atoms with Crippen LogP contribution in [-0.2, 0) is 9.84 Å². The van der Waals surface area contributed by atoms with Crippen LogP contribution >= 0.6 is 0 Å². The number of rotatable bonds is 6. The Balaban J connectivity index is 1.53. The zero-order valence-electron chi connectivity index (χ0n) is 22.3. The molecule has 0 aliphatic carbocycles. The number of hydrogen-bond donors (Lipinski definition) is 1. The van der Waals surface area contributed by atoms with Crippen LogP contribution in [0.15, 0.2) is 66.7 Å². The van der Waals surface area contributed by atoms with Crippen molar-refractivity contribution in [3.63, 3.8) is 0 Å². The van der Waals surface area contributed by atoms with Gasteiger partial charge in [-0.25, -0.2) is 18.1 Å². The molecule has 1 unspecified atom stereocenters. The van der Waals surface area contributed by atoms with Gasteiger partial charge in [0.05, 0.1) is 54.1 Å². The van der Waals surface area contributed by atoms with Crippen molar-refractivity contribution in [3.8, 4) is 22.8 Å². The van der Waals surface area contributed by atoms with Gasteiger partial charge in [-0.2, -0.15) is 5.10 Å². The number of amides is 1. The minimum atomic E-state index is -3.17. The lowest BCUT2D eigenvalue weighted by molar-refractivity contribution is 0.102. The number of carbonyl (C=O) groups excluding carboxylic acids is 1. The lowest BCUT2D eigenvalue weighted by atomic mass is 10.0. The second-order valence-electron chi connectivity index (χ2n) is 9.89. The summed E-state index contributed by atoms with van der Waals surface area (Å²) in [7, 11) is -0.0484. The number of sulfone groups is 1. The predicted octanol–water partition coefficient (Wildman–Crippen LogP) is 5.19. The third kappa shape index (κ3) is 4.54. The highest BCUT2D eigenvalue weighted by atomic mass is 32.2. The number of aromatic nitrogens is 3. The van der Waals surface area contributed by atoms with Gasteiger partial charge in [0.2, 0.25) is 0 Å². The molecule has 1 amide bonds. The topological polar surface area (TPSA) is 112 Å². The maximum atomic E-state index is 13.9.